The van der Waals surface area contributed by atoms with Gasteiger partial charge in [0.2, 0.25) is 65.2 Å². The van der Waals surface area contributed by atoms with E-state index in [9.17, 15) is 60.3 Å². The molecule has 38 heteroatoms. The Labute approximate surface area is 721 Å². The number of rotatable bonds is 19. The zero-order chi connectivity index (χ0) is 88.8. The smallest absolute Gasteiger partial charge is 0.248 e. The van der Waals surface area contributed by atoms with Crippen molar-refractivity contribution in [2.45, 2.75) is 201 Å². The third kappa shape index (κ3) is 19.3. The van der Waals surface area contributed by atoms with Crippen molar-refractivity contribution < 1.29 is 122 Å². The number of halogens is 2. The van der Waals surface area contributed by atoms with Gasteiger partial charge in [-0.25, -0.2) is 0 Å². The summed E-state index contributed by atoms with van der Waals surface area (Å²) in [5, 5.41) is 130. The summed E-state index contributed by atoms with van der Waals surface area (Å²) in [7, 11) is 1.47. The number of phenols is 3. The molecular formula is C86H101Cl2N11O25. The van der Waals surface area contributed by atoms with E-state index in [0.717, 1.165) is 86.7 Å². The van der Waals surface area contributed by atoms with E-state index in [-0.39, 0.29) is 93.6 Å². The molecular weight excluding hydrogens is 1660 g/mol. The van der Waals surface area contributed by atoms with E-state index in [0.29, 0.717) is 23.1 Å². The number of aliphatic hydroxyl groups is 6. The molecule has 18 atom stereocenters. The van der Waals surface area contributed by atoms with Gasteiger partial charge in [0.1, 0.15) is 108 Å². The fourth-order valence-corrected chi connectivity index (χ4v) is 18.7. The van der Waals surface area contributed by atoms with Crippen LogP contribution in [0, 0.1) is 29.6 Å². The van der Waals surface area contributed by atoms with Crippen LogP contribution < -0.4 is 78.3 Å². The summed E-state index contributed by atoms with van der Waals surface area (Å²) in [6.07, 6.45) is -15.0. The molecule has 4 saturated carbocycles. The minimum absolute atomic E-state index is 0.0536. The van der Waals surface area contributed by atoms with Gasteiger partial charge >= 0.3 is 0 Å². The van der Waals surface area contributed by atoms with E-state index in [1.54, 1.807) is 12.1 Å². The van der Waals surface area contributed by atoms with Gasteiger partial charge in [0.15, 0.2) is 23.9 Å². The average Bonchev–Trinajstić information content (AvgIpc) is 0.754. The molecule has 7 heterocycles. The number of fused-ring (bicyclic) bond motifs is 15. The Kier molecular flexibility index (Phi) is 27.0. The second-order valence-electron chi connectivity index (χ2n) is 33.8. The summed E-state index contributed by atoms with van der Waals surface area (Å²) in [6.45, 7) is 6.05. The van der Waals surface area contributed by atoms with Crippen molar-refractivity contribution in [2.24, 2.45) is 41.1 Å². The molecule has 0 unspecified atom stereocenters. The number of nitrogens with one attached hydrogen (secondary N) is 9. The van der Waals surface area contributed by atoms with Crippen LogP contribution in [0.3, 0.4) is 0 Å². The van der Waals surface area contributed by atoms with Gasteiger partial charge in [-0.15, -0.1) is 0 Å². The van der Waals surface area contributed by atoms with Crippen molar-refractivity contribution in [1.29, 1.82) is 0 Å². The van der Waals surface area contributed by atoms with Gasteiger partial charge in [0.25, 0.3) is 0 Å². The number of amides is 9. The molecule has 11 aliphatic rings. The van der Waals surface area contributed by atoms with Crippen molar-refractivity contribution >= 4 is 76.4 Å². The van der Waals surface area contributed by atoms with Crippen LogP contribution in [0.5, 0.6) is 51.7 Å². The minimum atomic E-state index is -2.42. The van der Waals surface area contributed by atoms with Crippen LogP contribution in [-0.2, 0) is 63.8 Å². The van der Waals surface area contributed by atoms with Crippen molar-refractivity contribution in [2.75, 3.05) is 26.8 Å². The predicted molar refractivity (Wildman–Crippen MR) is 439 cm³/mol. The maximum atomic E-state index is 16.6. The first-order valence-corrected chi connectivity index (χ1v) is 41.8. The van der Waals surface area contributed by atoms with Gasteiger partial charge in [-0.3, -0.25) is 48.5 Å². The van der Waals surface area contributed by atoms with Gasteiger partial charge in [-0.2, -0.15) is 0 Å². The number of carbonyl (C=O) groups is 9. The number of hydrogen-bond donors (Lipinski definition) is 20. The second-order valence-corrected chi connectivity index (χ2v) is 34.6. The van der Waals surface area contributed by atoms with E-state index in [1.165, 1.54) is 57.3 Å². The molecule has 7 aliphatic heterocycles. The zero-order valence-corrected chi connectivity index (χ0v) is 69.6. The molecule has 17 rings (SSSR count). The van der Waals surface area contributed by atoms with Crippen LogP contribution in [-0.4, -0.2) is 211 Å². The quantitative estimate of drug-likeness (QED) is 0.0554. The first kappa shape index (κ1) is 89.7. The number of ether oxygens (including phenoxy) is 7. The first-order valence-electron chi connectivity index (χ1n) is 41.0. The summed E-state index contributed by atoms with van der Waals surface area (Å²) in [5.41, 5.74) is 8.89. The molecule has 15 bridgehead atoms. The number of imide groups is 1. The molecule has 6 aromatic carbocycles. The predicted octanol–water partition coefficient (Wildman–Crippen LogP) is 2.70. The highest BCUT2D eigenvalue weighted by molar-refractivity contribution is 6.32. The molecule has 22 N–H and O–H groups in total. The Morgan fingerprint density at radius 1 is 0.661 bits per heavy atom. The van der Waals surface area contributed by atoms with Crippen LogP contribution in [0.25, 0.3) is 11.1 Å². The summed E-state index contributed by atoms with van der Waals surface area (Å²) in [6, 6.07) is 6.01. The SMILES string of the molecule is CN[C@H](CC(C)C)C(=O)N[C@H]1C(=O)N[C@@H](CC(=O)NC(=O)Cc2ccc(OCCN)cc2)C(=O)N[C@H]2C(=O)N[C@H]3C(=O)N[C@H](C(=O)N[C@H](C(=O)NC4C5CC6CC(C5)CC4C6)c4cc(O)cc(O)c4-c4cc3ccc4O)[C@H](O)c3ccc(c(Cl)c3)Oc3cc2cc(c3O[C@@H]2O[C@H](CO)[C@@H](O)[C@H](O)[C@H]2O[C@H]2C[C@](C)(N)[C@H](O)[C@H](C)O2)Oc2ccc(cc2Cl)[C@H]1O. The first-order chi connectivity index (χ1) is 59.0. The topological polar surface area (TPSA) is 561 Å². The standard InChI is InChI=1S/C86H101Cl2N11O25/c1-35(2)18-52(91-5)78(111)98-69-71(106)41-9-14-56(50(87)26-41)120-58-28-45-29-59(75(58)124-85-76(74(109)73(108)60(34-100)122-85)123-63-33-86(4,90)77(110)36(3)119-63)121-57-15-10-42(27-51(57)88)72(107)70-84(117)97-68(82(115)94-65-43-20-38-19-39(22-43)23-44(65)21-38)49-30-46(101)31-55(103)64(49)48-25-40(8-13-54(48)102)66(80(113)99-70)96-81(114)67(45)95-79(112)53(92-83(69)116)32-62(105)93-61(104)24-37-6-11-47(12-7-37)118-17-16-89/h6-15,25-31,35-36,38-39,43-44,52-53,60,63,65-74,76-77,85,91,100-103,106-110H,16-24,32-34,89-90H2,1-5H3,(H,92,116)(H,94,115)(H,95,112)(H,96,114)(H,97,117)(H,98,111)(H,99,113)(H,93,104,105)/t36-,38?,39?,43?,44?,52+,53-,60+,63-,65?,66+,67+,68-,69+,70-,71+,72+,73+,74-,76+,77+,85-,86-/m0/s1. The molecule has 664 valence electrons. The number of phenolic OH excluding ortho intramolecular Hbond substituents is 3. The molecule has 124 heavy (non-hydrogen) atoms. The molecule has 0 radical (unpaired) electrons. The zero-order valence-electron chi connectivity index (χ0n) is 68.0. The molecule has 0 spiro atoms. The summed E-state index contributed by atoms with van der Waals surface area (Å²) < 4.78 is 44.6. The molecule has 0 aromatic heterocycles. The number of nitrogens with two attached hydrogens (primary N) is 2. The van der Waals surface area contributed by atoms with E-state index < -0.39 is 233 Å². The average molecular weight is 1760 g/mol. The van der Waals surface area contributed by atoms with Crippen LogP contribution in [0.4, 0.5) is 0 Å². The summed E-state index contributed by atoms with van der Waals surface area (Å²) >= 11 is 14.5. The van der Waals surface area contributed by atoms with Gasteiger partial charge in [-0.1, -0.05) is 67.4 Å². The fourth-order valence-electron chi connectivity index (χ4n) is 18.2. The minimum Gasteiger partial charge on any atom is -0.508 e. The Balaban J connectivity index is 0.959. The normalized spacial score (nSPS) is 30.5. The van der Waals surface area contributed by atoms with Gasteiger partial charge < -0.3 is 133 Å². The monoisotopic (exact) mass is 1760 g/mol. The molecule has 2 saturated heterocycles. The van der Waals surface area contributed by atoms with E-state index >= 15 is 28.8 Å². The van der Waals surface area contributed by atoms with Crippen molar-refractivity contribution in [3.05, 3.63) is 147 Å². The lowest BCUT2D eigenvalue weighted by atomic mass is 9.54. The Bertz CT molecular complexity index is 5060. The number of hydrogen-bond acceptors (Lipinski definition) is 28. The number of aromatic hydroxyl groups is 3. The Hall–Kier alpha value is -10.6. The lowest BCUT2D eigenvalue weighted by Gasteiger charge is -2.54. The maximum absolute atomic E-state index is 16.6. The molecule has 4 aliphatic carbocycles. The highest BCUT2D eigenvalue weighted by Gasteiger charge is 2.53. The maximum Gasteiger partial charge on any atom is 0.248 e. The second kappa shape index (κ2) is 37.3. The number of benzene rings is 6. The van der Waals surface area contributed by atoms with E-state index in [1.807, 2.05) is 13.8 Å². The Morgan fingerprint density at radius 3 is 1.90 bits per heavy atom. The summed E-state index contributed by atoms with van der Waals surface area (Å²) in [4.78, 5) is 139. The third-order valence-corrected chi connectivity index (χ3v) is 24.9. The van der Waals surface area contributed by atoms with Gasteiger partial charge in [0, 0.05) is 41.7 Å². The molecule has 6 aromatic rings. The number of likely N-dealkylation sites (N-methyl/N-ethyl adjacent to an activating group) is 1. The largest absolute Gasteiger partial charge is 0.508 e. The lowest BCUT2D eigenvalue weighted by molar-refractivity contribution is -0.333. The van der Waals surface area contributed by atoms with Crippen LogP contribution in [0.15, 0.2) is 103 Å². The van der Waals surface area contributed by atoms with Crippen LogP contribution in [0.1, 0.15) is 143 Å². The fraction of sp³-hybridized carbons (Fsp3) is 0.477. The van der Waals surface area contributed by atoms with Gasteiger partial charge in [0.05, 0.1) is 47.7 Å². The van der Waals surface area contributed by atoms with Crippen molar-refractivity contribution in [3.8, 4) is 62.9 Å². The lowest BCUT2D eigenvalue weighted by Crippen LogP contribution is -2.64. The van der Waals surface area contributed by atoms with Crippen molar-refractivity contribution in [1.82, 2.24) is 47.9 Å². The van der Waals surface area contributed by atoms with E-state index in [2.05, 4.69) is 47.9 Å². The van der Waals surface area contributed by atoms with Crippen molar-refractivity contribution in [3.63, 3.8) is 0 Å². The van der Waals surface area contributed by atoms with Gasteiger partial charge in [-0.05, 0) is 189 Å². The number of aliphatic hydroxyl groups excluding tert-OH is 6. The summed E-state index contributed by atoms with van der Waals surface area (Å²) in [5.74, 6) is -14.2. The van der Waals surface area contributed by atoms with Crippen LogP contribution >= 0.6 is 23.2 Å². The molecule has 9 amide bonds. The highest BCUT2D eigenvalue weighted by Crippen LogP contribution is 2.55. The molecule has 36 nitrogen and oxygen atoms in total. The highest BCUT2D eigenvalue weighted by atomic mass is 35.5. The van der Waals surface area contributed by atoms with Crippen LogP contribution in [0.2, 0.25) is 10.0 Å². The Morgan fingerprint density at radius 2 is 1.28 bits per heavy atom. The number of carbonyl (C=O) groups excluding carboxylic acids is 9. The molecule has 6 fully saturated rings. The van der Waals surface area contributed by atoms with E-state index in [4.69, 9.17) is 67.8 Å². The third-order valence-electron chi connectivity index (χ3n) is 24.3.